The van der Waals surface area contributed by atoms with Gasteiger partial charge in [-0.05, 0) is 57.6 Å². The third-order valence-electron chi connectivity index (χ3n) is 11.7. The summed E-state index contributed by atoms with van der Waals surface area (Å²) in [6, 6.07) is 64.3. The SMILES string of the molecule is C1=CC2c3ccccc3C(c3ccccc3)(c3ccccc3)C2C=C1c1nc(-c2ccc(-c3ccccc3)cc2)nc(-c2ccc3oc4ccccc4c3c2)n1. The molecular weight excluding hydrogens is 683 g/mol. The lowest BCUT2D eigenvalue weighted by Crippen LogP contribution is -2.35. The number of furan rings is 1. The normalized spacial score (nSPS) is 16.8. The van der Waals surface area contributed by atoms with Gasteiger partial charge in [0, 0.05) is 39.3 Å². The maximum absolute atomic E-state index is 6.19. The van der Waals surface area contributed by atoms with E-state index in [-0.39, 0.29) is 11.8 Å². The number of para-hydroxylation sites is 1. The number of hydrogen-bond donors (Lipinski definition) is 0. The maximum atomic E-state index is 6.19. The highest BCUT2D eigenvalue weighted by Crippen LogP contribution is 2.60. The van der Waals surface area contributed by atoms with Crippen molar-refractivity contribution in [3.63, 3.8) is 0 Å². The molecule has 0 saturated heterocycles. The van der Waals surface area contributed by atoms with E-state index < -0.39 is 5.41 Å². The fourth-order valence-corrected chi connectivity index (χ4v) is 9.18. The average Bonchev–Trinajstić information content (AvgIpc) is 3.80. The van der Waals surface area contributed by atoms with Crippen molar-refractivity contribution in [2.24, 2.45) is 5.92 Å². The van der Waals surface area contributed by atoms with E-state index in [0.29, 0.717) is 17.5 Å². The molecule has 4 heteroatoms. The molecule has 2 heterocycles. The summed E-state index contributed by atoms with van der Waals surface area (Å²) in [4.78, 5) is 15.7. The van der Waals surface area contributed by atoms with E-state index in [0.717, 1.165) is 44.2 Å². The highest BCUT2D eigenvalue weighted by atomic mass is 16.3. The van der Waals surface area contributed by atoms with Crippen LogP contribution in [0.25, 0.3) is 61.4 Å². The Morgan fingerprint density at radius 2 is 1.00 bits per heavy atom. The lowest BCUT2D eigenvalue weighted by Gasteiger charge is -2.39. The average molecular weight is 718 g/mol. The molecule has 0 bridgehead atoms. The molecule has 2 unspecified atom stereocenters. The molecule has 0 fully saturated rings. The number of rotatable bonds is 6. The van der Waals surface area contributed by atoms with E-state index in [1.807, 2.05) is 30.3 Å². The lowest BCUT2D eigenvalue weighted by atomic mass is 9.62. The van der Waals surface area contributed by atoms with Crippen LogP contribution in [0.3, 0.4) is 0 Å². The summed E-state index contributed by atoms with van der Waals surface area (Å²) in [5.74, 6) is 2.15. The van der Waals surface area contributed by atoms with Gasteiger partial charge in [0.1, 0.15) is 11.2 Å². The summed E-state index contributed by atoms with van der Waals surface area (Å²) in [5, 5.41) is 2.10. The summed E-state index contributed by atoms with van der Waals surface area (Å²) in [6.45, 7) is 0. The van der Waals surface area contributed by atoms with Gasteiger partial charge in [-0.3, -0.25) is 0 Å². The zero-order valence-corrected chi connectivity index (χ0v) is 30.5. The third-order valence-corrected chi connectivity index (χ3v) is 11.7. The van der Waals surface area contributed by atoms with Crippen LogP contribution in [0, 0.1) is 5.92 Å². The second-order valence-electron chi connectivity index (χ2n) is 14.7. The van der Waals surface area contributed by atoms with Crippen molar-refractivity contribution in [2.75, 3.05) is 0 Å². The maximum Gasteiger partial charge on any atom is 0.164 e. The molecule has 0 spiro atoms. The molecule has 56 heavy (non-hydrogen) atoms. The predicted molar refractivity (Wildman–Crippen MR) is 226 cm³/mol. The van der Waals surface area contributed by atoms with Gasteiger partial charge >= 0.3 is 0 Å². The van der Waals surface area contributed by atoms with Crippen LogP contribution in [0.4, 0.5) is 0 Å². The topological polar surface area (TPSA) is 51.8 Å². The van der Waals surface area contributed by atoms with Crippen molar-refractivity contribution in [1.82, 2.24) is 15.0 Å². The van der Waals surface area contributed by atoms with Gasteiger partial charge in [-0.1, -0.05) is 176 Å². The summed E-state index contributed by atoms with van der Waals surface area (Å²) in [7, 11) is 0. The number of hydrogen-bond acceptors (Lipinski definition) is 4. The third kappa shape index (κ3) is 5.10. The van der Waals surface area contributed by atoms with E-state index >= 15 is 0 Å². The molecule has 264 valence electrons. The van der Waals surface area contributed by atoms with Gasteiger partial charge in [0.15, 0.2) is 17.5 Å². The first-order valence-corrected chi connectivity index (χ1v) is 19.2. The molecule has 0 N–H and O–H groups in total. The monoisotopic (exact) mass is 717 g/mol. The van der Waals surface area contributed by atoms with Crippen LogP contribution in [0.1, 0.15) is 34.0 Å². The molecule has 9 aromatic rings. The molecule has 2 aromatic heterocycles. The van der Waals surface area contributed by atoms with Crippen molar-refractivity contribution in [3.8, 4) is 33.9 Å². The van der Waals surface area contributed by atoms with Crippen LogP contribution >= 0.6 is 0 Å². The molecule has 4 nitrogen and oxygen atoms in total. The Hall–Kier alpha value is -7.17. The fourth-order valence-electron chi connectivity index (χ4n) is 9.18. The van der Waals surface area contributed by atoms with Crippen LogP contribution < -0.4 is 0 Å². The molecule has 0 saturated carbocycles. The lowest BCUT2D eigenvalue weighted by molar-refractivity contribution is 0.458. The Morgan fingerprint density at radius 1 is 0.446 bits per heavy atom. The Balaban J connectivity index is 1.10. The smallest absolute Gasteiger partial charge is 0.164 e. The first-order valence-electron chi connectivity index (χ1n) is 19.2. The molecular formula is C52H35N3O. The minimum atomic E-state index is -0.418. The van der Waals surface area contributed by atoms with Crippen LogP contribution in [0.15, 0.2) is 205 Å². The second-order valence-corrected chi connectivity index (χ2v) is 14.7. The number of aromatic nitrogens is 3. The predicted octanol–water partition coefficient (Wildman–Crippen LogP) is 12.5. The highest BCUT2D eigenvalue weighted by Gasteiger charge is 2.53. The first kappa shape index (κ1) is 32.3. The van der Waals surface area contributed by atoms with Crippen molar-refractivity contribution in [1.29, 1.82) is 0 Å². The fraction of sp³-hybridized carbons (Fsp3) is 0.0577. The van der Waals surface area contributed by atoms with E-state index in [2.05, 4.69) is 170 Å². The Kier molecular flexibility index (Phi) is 7.49. The van der Waals surface area contributed by atoms with Crippen LogP contribution in [0.2, 0.25) is 0 Å². The van der Waals surface area contributed by atoms with Crippen molar-refractivity contribution >= 4 is 27.5 Å². The van der Waals surface area contributed by atoms with E-state index in [9.17, 15) is 0 Å². The quantitative estimate of drug-likeness (QED) is 0.172. The summed E-state index contributed by atoms with van der Waals surface area (Å²) < 4.78 is 6.19. The number of fused-ring (bicyclic) bond motifs is 6. The molecule has 2 aliphatic carbocycles. The van der Waals surface area contributed by atoms with E-state index in [1.165, 1.54) is 27.8 Å². The molecule has 2 aliphatic rings. The molecule has 0 radical (unpaired) electrons. The van der Waals surface area contributed by atoms with Gasteiger partial charge in [-0.25, -0.2) is 15.0 Å². The van der Waals surface area contributed by atoms with E-state index in [1.54, 1.807) is 0 Å². The van der Waals surface area contributed by atoms with Crippen LogP contribution in [-0.2, 0) is 5.41 Å². The van der Waals surface area contributed by atoms with Gasteiger partial charge < -0.3 is 4.42 Å². The molecule has 11 rings (SSSR count). The van der Waals surface area contributed by atoms with Gasteiger partial charge in [0.2, 0.25) is 0 Å². The van der Waals surface area contributed by atoms with Crippen LogP contribution in [0.5, 0.6) is 0 Å². The minimum absolute atomic E-state index is 0.0761. The van der Waals surface area contributed by atoms with Crippen molar-refractivity contribution in [3.05, 3.63) is 228 Å². The van der Waals surface area contributed by atoms with Gasteiger partial charge in [-0.15, -0.1) is 0 Å². The molecule has 7 aromatic carbocycles. The molecule has 0 amide bonds. The summed E-state index contributed by atoms with van der Waals surface area (Å²) in [6.07, 6.45) is 7.02. The number of benzene rings is 7. The zero-order chi connectivity index (χ0) is 37.1. The Bertz CT molecular complexity index is 2930. The summed E-state index contributed by atoms with van der Waals surface area (Å²) >= 11 is 0. The molecule has 0 aliphatic heterocycles. The second kappa shape index (κ2) is 13.0. The van der Waals surface area contributed by atoms with Gasteiger partial charge in [-0.2, -0.15) is 0 Å². The van der Waals surface area contributed by atoms with Crippen molar-refractivity contribution < 1.29 is 4.42 Å². The van der Waals surface area contributed by atoms with Gasteiger partial charge in [0.25, 0.3) is 0 Å². The highest BCUT2D eigenvalue weighted by molar-refractivity contribution is 6.06. The largest absolute Gasteiger partial charge is 0.456 e. The Labute approximate surface area is 325 Å². The standard InChI is InChI=1S/C52H35N3O/c1-4-14-34(15-5-1)35-24-26-36(27-25-35)49-53-50(37-29-31-48-44(32-37)43-21-11-13-23-47(43)56-48)55-51(54-49)38-28-30-42-41-20-10-12-22-45(41)52(46(42)33-38,39-16-6-2-7-17-39)40-18-8-3-9-19-40/h1-33,42,46H. The first-order chi connectivity index (χ1) is 27.7. The zero-order valence-electron chi connectivity index (χ0n) is 30.5. The number of allylic oxidation sites excluding steroid dienone is 4. The number of nitrogens with zero attached hydrogens (tertiary/aromatic N) is 3. The van der Waals surface area contributed by atoms with Crippen molar-refractivity contribution in [2.45, 2.75) is 11.3 Å². The van der Waals surface area contributed by atoms with E-state index in [4.69, 9.17) is 19.4 Å². The Morgan fingerprint density at radius 3 is 1.75 bits per heavy atom. The van der Waals surface area contributed by atoms with Gasteiger partial charge in [0.05, 0.1) is 5.41 Å². The minimum Gasteiger partial charge on any atom is -0.456 e. The van der Waals surface area contributed by atoms with Crippen LogP contribution in [-0.4, -0.2) is 15.0 Å². The molecule has 2 atom stereocenters. The summed E-state index contributed by atoms with van der Waals surface area (Å²) in [5.41, 5.74) is 11.6.